The standard InChI is InChI=1S/C11H15ClO/c1-4-5-9-7-11(13-3)10(12)6-8(9)2/h6-7H,4-5H2,1-3H3. The smallest absolute Gasteiger partial charge is 0.137 e. The second-order valence-corrected chi connectivity index (χ2v) is 3.57. The summed E-state index contributed by atoms with van der Waals surface area (Å²) >= 11 is 5.98. The van der Waals surface area contributed by atoms with Crippen molar-refractivity contribution in [3.8, 4) is 5.75 Å². The molecule has 0 aliphatic carbocycles. The third kappa shape index (κ3) is 2.38. The second kappa shape index (κ2) is 4.52. The van der Waals surface area contributed by atoms with E-state index in [-0.39, 0.29) is 0 Å². The molecule has 0 fully saturated rings. The summed E-state index contributed by atoms with van der Waals surface area (Å²) in [5.41, 5.74) is 2.57. The Labute approximate surface area is 84.7 Å². The lowest BCUT2D eigenvalue weighted by molar-refractivity contribution is 0.414. The van der Waals surface area contributed by atoms with Gasteiger partial charge in [0.05, 0.1) is 12.1 Å². The summed E-state index contributed by atoms with van der Waals surface area (Å²) in [5.74, 6) is 0.774. The first-order chi connectivity index (χ1) is 6.19. The summed E-state index contributed by atoms with van der Waals surface area (Å²) in [5, 5.41) is 0.694. The van der Waals surface area contributed by atoms with Gasteiger partial charge >= 0.3 is 0 Å². The molecule has 0 heterocycles. The Hall–Kier alpha value is -0.690. The van der Waals surface area contributed by atoms with E-state index >= 15 is 0 Å². The van der Waals surface area contributed by atoms with Gasteiger partial charge in [-0.3, -0.25) is 0 Å². The molecule has 2 heteroatoms. The van der Waals surface area contributed by atoms with E-state index in [0.29, 0.717) is 5.02 Å². The van der Waals surface area contributed by atoms with Gasteiger partial charge in [0.25, 0.3) is 0 Å². The lowest BCUT2D eigenvalue weighted by Gasteiger charge is -2.09. The molecular weight excluding hydrogens is 184 g/mol. The summed E-state index contributed by atoms with van der Waals surface area (Å²) < 4.78 is 5.16. The van der Waals surface area contributed by atoms with Crippen LogP contribution in [0.4, 0.5) is 0 Å². The molecule has 0 aliphatic rings. The lowest BCUT2D eigenvalue weighted by atomic mass is 10.0. The highest BCUT2D eigenvalue weighted by Crippen LogP contribution is 2.28. The molecule has 0 aromatic heterocycles. The molecule has 1 rings (SSSR count). The van der Waals surface area contributed by atoms with Gasteiger partial charge in [0, 0.05) is 0 Å². The average molecular weight is 199 g/mol. The monoisotopic (exact) mass is 198 g/mol. The summed E-state index contributed by atoms with van der Waals surface area (Å²) in [7, 11) is 1.65. The molecule has 0 amide bonds. The highest BCUT2D eigenvalue weighted by Gasteiger charge is 2.04. The van der Waals surface area contributed by atoms with Crippen LogP contribution in [-0.2, 0) is 6.42 Å². The zero-order chi connectivity index (χ0) is 9.84. The fourth-order valence-electron chi connectivity index (χ4n) is 1.39. The van der Waals surface area contributed by atoms with Crippen LogP contribution in [0.5, 0.6) is 5.75 Å². The third-order valence-corrected chi connectivity index (χ3v) is 2.43. The van der Waals surface area contributed by atoms with E-state index in [0.717, 1.165) is 18.6 Å². The number of benzene rings is 1. The zero-order valence-electron chi connectivity index (χ0n) is 8.36. The second-order valence-electron chi connectivity index (χ2n) is 3.16. The van der Waals surface area contributed by atoms with Crippen LogP contribution in [0.1, 0.15) is 24.5 Å². The first-order valence-corrected chi connectivity index (χ1v) is 4.89. The van der Waals surface area contributed by atoms with Gasteiger partial charge in [-0.25, -0.2) is 0 Å². The molecule has 13 heavy (non-hydrogen) atoms. The van der Waals surface area contributed by atoms with Crippen LogP contribution in [0.2, 0.25) is 5.02 Å². The van der Waals surface area contributed by atoms with Crippen LogP contribution in [0.15, 0.2) is 12.1 Å². The highest BCUT2D eigenvalue weighted by atomic mass is 35.5. The van der Waals surface area contributed by atoms with Crippen molar-refractivity contribution in [2.45, 2.75) is 26.7 Å². The Morgan fingerprint density at radius 2 is 2.08 bits per heavy atom. The Kier molecular flexibility index (Phi) is 3.61. The normalized spacial score (nSPS) is 10.2. The lowest BCUT2D eigenvalue weighted by Crippen LogP contribution is -1.92. The predicted molar refractivity (Wildman–Crippen MR) is 56.7 cm³/mol. The summed E-state index contributed by atoms with van der Waals surface area (Å²) in [6, 6.07) is 3.99. The van der Waals surface area contributed by atoms with E-state index in [1.54, 1.807) is 7.11 Å². The maximum atomic E-state index is 5.98. The van der Waals surface area contributed by atoms with Crippen LogP contribution >= 0.6 is 11.6 Å². The molecule has 0 unspecified atom stereocenters. The average Bonchev–Trinajstić information content (AvgIpc) is 2.10. The molecule has 0 N–H and O–H groups in total. The molecule has 1 aromatic carbocycles. The van der Waals surface area contributed by atoms with E-state index in [4.69, 9.17) is 16.3 Å². The summed E-state index contributed by atoms with van der Waals surface area (Å²) in [4.78, 5) is 0. The number of rotatable bonds is 3. The Morgan fingerprint density at radius 1 is 1.38 bits per heavy atom. The molecule has 0 aliphatic heterocycles. The first-order valence-electron chi connectivity index (χ1n) is 4.52. The number of halogens is 1. The number of hydrogen-bond donors (Lipinski definition) is 0. The van der Waals surface area contributed by atoms with E-state index in [9.17, 15) is 0 Å². The largest absolute Gasteiger partial charge is 0.495 e. The van der Waals surface area contributed by atoms with Crippen molar-refractivity contribution in [3.05, 3.63) is 28.3 Å². The van der Waals surface area contributed by atoms with Crippen LogP contribution in [0, 0.1) is 6.92 Å². The molecule has 0 spiro atoms. The predicted octanol–water partition coefficient (Wildman–Crippen LogP) is 3.61. The molecule has 1 nitrogen and oxygen atoms in total. The van der Waals surface area contributed by atoms with Crippen molar-refractivity contribution < 1.29 is 4.74 Å². The van der Waals surface area contributed by atoms with Gasteiger partial charge in [0.1, 0.15) is 5.75 Å². The Bertz CT molecular complexity index is 294. The summed E-state index contributed by atoms with van der Waals surface area (Å²) in [6.45, 7) is 4.25. The van der Waals surface area contributed by atoms with E-state index in [1.165, 1.54) is 11.1 Å². The fraction of sp³-hybridized carbons (Fsp3) is 0.455. The molecule has 0 saturated heterocycles. The van der Waals surface area contributed by atoms with Gasteiger partial charge in [-0.15, -0.1) is 0 Å². The van der Waals surface area contributed by atoms with Crippen LogP contribution in [0.3, 0.4) is 0 Å². The molecule has 1 aromatic rings. The van der Waals surface area contributed by atoms with Crippen molar-refractivity contribution in [3.63, 3.8) is 0 Å². The zero-order valence-corrected chi connectivity index (χ0v) is 9.11. The Morgan fingerprint density at radius 3 is 2.62 bits per heavy atom. The van der Waals surface area contributed by atoms with Gasteiger partial charge in [-0.2, -0.15) is 0 Å². The SMILES string of the molecule is CCCc1cc(OC)c(Cl)cc1C. The van der Waals surface area contributed by atoms with Crippen LogP contribution < -0.4 is 4.74 Å². The van der Waals surface area contributed by atoms with Gasteiger partial charge in [-0.1, -0.05) is 24.9 Å². The van der Waals surface area contributed by atoms with Crippen molar-refractivity contribution in [1.29, 1.82) is 0 Å². The highest BCUT2D eigenvalue weighted by molar-refractivity contribution is 6.32. The third-order valence-electron chi connectivity index (χ3n) is 2.13. The van der Waals surface area contributed by atoms with Gasteiger partial charge in [0.2, 0.25) is 0 Å². The first kappa shape index (κ1) is 10.4. The molecule has 0 bridgehead atoms. The quantitative estimate of drug-likeness (QED) is 0.721. The molecule has 0 radical (unpaired) electrons. The van der Waals surface area contributed by atoms with Gasteiger partial charge in [0.15, 0.2) is 0 Å². The number of methoxy groups -OCH3 is 1. The molecular formula is C11H15ClO. The van der Waals surface area contributed by atoms with E-state index in [1.807, 2.05) is 12.1 Å². The van der Waals surface area contributed by atoms with Crippen LogP contribution in [0.25, 0.3) is 0 Å². The number of aryl methyl sites for hydroxylation is 2. The van der Waals surface area contributed by atoms with Gasteiger partial charge in [-0.05, 0) is 36.6 Å². The minimum atomic E-state index is 0.694. The number of ether oxygens (including phenoxy) is 1. The minimum absolute atomic E-state index is 0.694. The van der Waals surface area contributed by atoms with E-state index in [2.05, 4.69) is 13.8 Å². The number of hydrogen-bond acceptors (Lipinski definition) is 1. The maximum Gasteiger partial charge on any atom is 0.137 e. The molecule has 0 atom stereocenters. The van der Waals surface area contributed by atoms with Crippen molar-refractivity contribution in [1.82, 2.24) is 0 Å². The minimum Gasteiger partial charge on any atom is -0.495 e. The van der Waals surface area contributed by atoms with Crippen molar-refractivity contribution >= 4 is 11.6 Å². The fourth-order valence-corrected chi connectivity index (χ4v) is 1.69. The van der Waals surface area contributed by atoms with Crippen molar-refractivity contribution in [2.75, 3.05) is 7.11 Å². The van der Waals surface area contributed by atoms with Crippen LogP contribution in [-0.4, -0.2) is 7.11 Å². The van der Waals surface area contributed by atoms with Gasteiger partial charge < -0.3 is 4.74 Å². The Balaban J connectivity index is 3.06. The maximum absolute atomic E-state index is 5.98. The molecule has 0 saturated carbocycles. The summed E-state index contributed by atoms with van der Waals surface area (Å²) in [6.07, 6.45) is 2.23. The van der Waals surface area contributed by atoms with Crippen molar-refractivity contribution in [2.24, 2.45) is 0 Å². The van der Waals surface area contributed by atoms with E-state index < -0.39 is 0 Å². The topological polar surface area (TPSA) is 9.23 Å². The molecule has 72 valence electrons.